The molecular weight excluding hydrogens is 358 g/mol. The Balaban J connectivity index is 1.85. The predicted molar refractivity (Wildman–Crippen MR) is 94.2 cm³/mol. The average molecular weight is 377 g/mol. The third-order valence-electron chi connectivity index (χ3n) is 4.13. The molecular formula is C17H19N3O5S. The second-order valence-electron chi connectivity index (χ2n) is 5.89. The number of amides is 1. The number of β-amino-alcohol motifs (C(OH)–C–C–N with tert-alkyl or cyclic N) is 1. The standard InChI is InChI=1S/C17H19N3O5S/c1-25-14-4-6-15(7-5-14)26(23,24)20-11-13(21)9-16(20)17(22)19-12-3-2-8-18-10-12/h2-8,10,13,16,21H,9,11H2,1H3,(H,19,22). The Morgan fingerprint density at radius 1 is 1.31 bits per heavy atom. The number of aliphatic hydroxyl groups excluding tert-OH is 1. The van der Waals surface area contributed by atoms with Gasteiger partial charge in [0.25, 0.3) is 0 Å². The topological polar surface area (TPSA) is 109 Å². The van der Waals surface area contributed by atoms with Gasteiger partial charge in [0.1, 0.15) is 11.8 Å². The van der Waals surface area contributed by atoms with Gasteiger partial charge in [-0.3, -0.25) is 9.78 Å². The van der Waals surface area contributed by atoms with E-state index in [1.165, 1.54) is 37.6 Å². The summed E-state index contributed by atoms with van der Waals surface area (Å²) in [6.07, 6.45) is 2.15. The molecule has 1 aliphatic rings. The Morgan fingerprint density at radius 3 is 2.65 bits per heavy atom. The van der Waals surface area contributed by atoms with Crippen LogP contribution in [-0.2, 0) is 14.8 Å². The monoisotopic (exact) mass is 377 g/mol. The summed E-state index contributed by atoms with van der Waals surface area (Å²) in [7, 11) is -2.46. The summed E-state index contributed by atoms with van der Waals surface area (Å²) in [5, 5.41) is 12.6. The van der Waals surface area contributed by atoms with Crippen LogP contribution in [0.3, 0.4) is 0 Å². The second-order valence-corrected chi connectivity index (χ2v) is 7.78. The lowest BCUT2D eigenvalue weighted by Crippen LogP contribution is -2.43. The van der Waals surface area contributed by atoms with Crippen LogP contribution in [0.4, 0.5) is 5.69 Å². The normalized spacial score (nSPS) is 20.7. The number of sulfonamides is 1. The van der Waals surface area contributed by atoms with E-state index in [2.05, 4.69) is 10.3 Å². The van der Waals surface area contributed by atoms with Gasteiger partial charge in [0.05, 0.1) is 30.0 Å². The molecule has 1 aromatic heterocycles. The Kier molecular flexibility index (Phi) is 5.21. The number of benzene rings is 1. The van der Waals surface area contributed by atoms with Crippen molar-refractivity contribution in [1.29, 1.82) is 0 Å². The molecule has 2 heterocycles. The molecule has 138 valence electrons. The van der Waals surface area contributed by atoms with Crippen molar-refractivity contribution in [2.24, 2.45) is 0 Å². The van der Waals surface area contributed by atoms with E-state index in [-0.39, 0.29) is 17.9 Å². The third kappa shape index (κ3) is 3.69. The van der Waals surface area contributed by atoms with Crippen molar-refractivity contribution in [3.05, 3.63) is 48.8 Å². The first-order chi connectivity index (χ1) is 12.4. The van der Waals surface area contributed by atoms with Gasteiger partial charge >= 0.3 is 0 Å². The number of carbonyl (C=O) groups is 1. The van der Waals surface area contributed by atoms with Crippen molar-refractivity contribution < 1.29 is 23.1 Å². The molecule has 0 saturated carbocycles. The van der Waals surface area contributed by atoms with Crippen LogP contribution in [0.5, 0.6) is 5.75 Å². The predicted octanol–water partition coefficient (Wildman–Crippen LogP) is 0.853. The van der Waals surface area contributed by atoms with Crippen molar-refractivity contribution in [2.45, 2.75) is 23.5 Å². The number of pyridine rings is 1. The zero-order valence-corrected chi connectivity index (χ0v) is 14.9. The Bertz CT molecular complexity index is 871. The zero-order chi connectivity index (χ0) is 18.7. The van der Waals surface area contributed by atoms with E-state index >= 15 is 0 Å². The molecule has 26 heavy (non-hydrogen) atoms. The van der Waals surface area contributed by atoms with Gasteiger partial charge in [-0.2, -0.15) is 4.31 Å². The fraction of sp³-hybridized carbons (Fsp3) is 0.294. The van der Waals surface area contributed by atoms with Crippen LogP contribution < -0.4 is 10.1 Å². The van der Waals surface area contributed by atoms with Crippen LogP contribution in [0, 0.1) is 0 Å². The van der Waals surface area contributed by atoms with Crippen molar-refractivity contribution in [1.82, 2.24) is 9.29 Å². The number of rotatable bonds is 5. The molecule has 3 rings (SSSR count). The summed E-state index contributed by atoms with van der Waals surface area (Å²) < 4.78 is 31.9. The average Bonchev–Trinajstić information content (AvgIpc) is 3.05. The molecule has 1 saturated heterocycles. The third-order valence-corrected chi connectivity index (χ3v) is 6.02. The lowest BCUT2D eigenvalue weighted by molar-refractivity contribution is -0.119. The Labute approximate surface area is 151 Å². The molecule has 2 aromatic rings. The minimum Gasteiger partial charge on any atom is -0.497 e. The maximum Gasteiger partial charge on any atom is 0.243 e. The van der Waals surface area contributed by atoms with Crippen LogP contribution in [0.2, 0.25) is 0 Å². The SMILES string of the molecule is COc1ccc(S(=O)(=O)N2CC(O)CC2C(=O)Nc2cccnc2)cc1. The molecule has 0 spiro atoms. The number of hydrogen-bond donors (Lipinski definition) is 2. The molecule has 2 unspecified atom stereocenters. The van der Waals surface area contributed by atoms with E-state index < -0.39 is 28.1 Å². The van der Waals surface area contributed by atoms with Crippen molar-refractivity contribution >= 4 is 21.6 Å². The summed E-state index contributed by atoms with van der Waals surface area (Å²) in [4.78, 5) is 16.5. The number of aromatic nitrogens is 1. The maximum atomic E-state index is 12.9. The molecule has 2 atom stereocenters. The lowest BCUT2D eigenvalue weighted by atomic mass is 10.2. The summed E-state index contributed by atoms with van der Waals surface area (Å²) in [6, 6.07) is 8.19. The van der Waals surface area contributed by atoms with Crippen LogP contribution in [0.15, 0.2) is 53.7 Å². The number of hydrogen-bond acceptors (Lipinski definition) is 6. The fourth-order valence-corrected chi connectivity index (χ4v) is 4.47. The lowest BCUT2D eigenvalue weighted by Gasteiger charge is -2.23. The highest BCUT2D eigenvalue weighted by atomic mass is 32.2. The molecule has 9 heteroatoms. The smallest absolute Gasteiger partial charge is 0.243 e. The molecule has 1 aliphatic heterocycles. The minimum absolute atomic E-state index is 0.0292. The number of aliphatic hydroxyl groups is 1. The van der Waals surface area contributed by atoms with E-state index in [9.17, 15) is 18.3 Å². The van der Waals surface area contributed by atoms with Gasteiger partial charge < -0.3 is 15.2 Å². The van der Waals surface area contributed by atoms with Gasteiger partial charge in [0, 0.05) is 19.2 Å². The highest BCUT2D eigenvalue weighted by Gasteiger charge is 2.43. The number of anilines is 1. The fourth-order valence-electron chi connectivity index (χ4n) is 2.83. The highest BCUT2D eigenvalue weighted by Crippen LogP contribution is 2.28. The summed E-state index contributed by atoms with van der Waals surface area (Å²) in [5.41, 5.74) is 0.459. The number of nitrogens with one attached hydrogen (secondary N) is 1. The zero-order valence-electron chi connectivity index (χ0n) is 14.1. The Hall–Kier alpha value is -2.49. The van der Waals surface area contributed by atoms with Crippen LogP contribution in [0.25, 0.3) is 0 Å². The van der Waals surface area contributed by atoms with Gasteiger partial charge in [-0.15, -0.1) is 0 Å². The maximum absolute atomic E-state index is 12.9. The van der Waals surface area contributed by atoms with E-state index in [4.69, 9.17) is 4.74 Å². The minimum atomic E-state index is -3.94. The Morgan fingerprint density at radius 2 is 2.04 bits per heavy atom. The first-order valence-electron chi connectivity index (χ1n) is 7.96. The highest BCUT2D eigenvalue weighted by molar-refractivity contribution is 7.89. The van der Waals surface area contributed by atoms with E-state index in [0.717, 1.165) is 4.31 Å². The molecule has 1 aromatic carbocycles. The summed E-state index contributed by atoms with van der Waals surface area (Å²) in [6.45, 7) is -0.139. The molecule has 0 bridgehead atoms. The van der Waals surface area contributed by atoms with E-state index in [0.29, 0.717) is 11.4 Å². The van der Waals surface area contributed by atoms with Gasteiger partial charge in [-0.1, -0.05) is 0 Å². The van der Waals surface area contributed by atoms with Gasteiger partial charge in [-0.05, 0) is 36.4 Å². The number of ether oxygens (including phenoxy) is 1. The van der Waals surface area contributed by atoms with Crippen molar-refractivity contribution in [3.63, 3.8) is 0 Å². The second kappa shape index (κ2) is 7.40. The van der Waals surface area contributed by atoms with Gasteiger partial charge in [-0.25, -0.2) is 8.42 Å². The van der Waals surface area contributed by atoms with Crippen LogP contribution in [-0.4, -0.2) is 54.5 Å². The molecule has 0 radical (unpaired) electrons. The van der Waals surface area contributed by atoms with Crippen LogP contribution >= 0.6 is 0 Å². The number of carbonyl (C=O) groups excluding carboxylic acids is 1. The van der Waals surface area contributed by atoms with E-state index in [1.54, 1.807) is 18.3 Å². The summed E-state index contributed by atoms with van der Waals surface area (Å²) in [5.74, 6) is 0.0166. The van der Waals surface area contributed by atoms with E-state index in [1.807, 2.05) is 0 Å². The largest absolute Gasteiger partial charge is 0.497 e. The number of methoxy groups -OCH3 is 1. The number of nitrogens with zero attached hydrogens (tertiary/aromatic N) is 2. The molecule has 8 nitrogen and oxygen atoms in total. The first-order valence-corrected chi connectivity index (χ1v) is 9.40. The van der Waals surface area contributed by atoms with Gasteiger partial charge in [0.2, 0.25) is 15.9 Å². The molecule has 1 amide bonds. The summed E-state index contributed by atoms with van der Waals surface area (Å²) >= 11 is 0. The molecule has 2 N–H and O–H groups in total. The van der Waals surface area contributed by atoms with Gasteiger partial charge in [0.15, 0.2) is 0 Å². The van der Waals surface area contributed by atoms with Crippen LogP contribution in [0.1, 0.15) is 6.42 Å². The van der Waals surface area contributed by atoms with Crippen molar-refractivity contribution in [2.75, 3.05) is 19.0 Å². The first kappa shape index (κ1) is 18.3. The van der Waals surface area contributed by atoms with Crippen molar-refractivity contribution in [3.8, 4) is 5.75 Å². The quantitative estimate of drug-likeness (QED) is 0.800. The molecule has 1 fully saturated rings. The molecule has 0 aliphatic carbocycles.